The Hall–Kier alpha value is -8.95. The van der Waals surface area contributed by atoms with Crippen LogP contribution in [0.2, 0.25) is 0 Å². The molecule has 0 atom stereocenters. The summed E-state index contributed by atoms with van der Waals surface area (Å²) in [4.78, 5) is 27.2. The third kappa shape index (κ3) is 21.1. The standard InChI is InChI=1S/C19H14F6N4O2.C18H13F3N4OS.C15H9BrF3N3O.3CH4/c20-18(21,22)17(30)26-10-9-12-1-3-13(4-2-12)16-27-11-29(28-16)14-5-7-15(8-6-14)31-19(23,24)25;19-18(20,21)26-16-7-5-15(6-8-16)25-11-23-17(24-25)14-3-1-13(2-4-14)9-10-22-12-27;16-11-3-1-10(2-4-11)14-20-9-22(21-14)12-5-7-13(8-6-12)23-15(17,18)19;;;/h1-8,11H,9-10H2,(H,26,30);1-8,11H,9-10H2;1-9H;3*1H4. The van der Waals surface area contributed by atoms with E-state index in [2.05, 4.69) is 82.8 Å². The van der Waals surface area contributed by atoms with Crippen LogP contribution in [0.4, 0.5) is 52.7 Å². The fraction of sp³-hybridized carbons (Fsp3) is 0.200. The Bertz CT molecular complexity index is 3520. The number of carbonyl (C=O) groups is 1. The number of alkyl halides is 12. The summed E-state index contributed by atoms with van der Waals surface area (Å²) in [6.07, 6.45) is -13.8. The summed E-state index contributed by atoms with van der Waals surface area (Å²) < 4.78 is 163. The molecule has 0 saturated heterocycles. The first-order chi connectivity index (χ1) is 38.4. The molecule has 0 saturated carbocycles. The van der Waals surface area contributed by atoms with Crippen LogP contribution in [0.25, 0.3) is 51.2 Å². The summed E-state index contributed by atoms with van der Waals surface area (Å²) >= 11 is 7.88. The summed E-state index contributed by atoms with van der Waals surface area (Å²) in [7, 11) is 0. The van der Waals surface area contributed by atoms with Crippen molar-refractivity contribution in [1.29, 1.82) is 0 Å². The maximum absolute atomic E-state index is 12.2. The van der Waals surface area contributed by atoms with Crippen LogP contribution in [0.15, 0.2) is 174 Å². The number of aliphatic imine (C=N–C) groups is 1. The molecule has 0 bridgehead atoms. The Morgan fingerprint density at radius 3 is 1.10 bits per heavy atom. The Morgan fingerprint density at radius 1 is 0.488 bits per heavy atom. The van der Waals surface area contributed by atoms with Gasteiger partial charge in [0.1, 0.15) is 36.2 Å². The largest absolute Gasteiger partial charge is 0.573 e. The zero-order valence-electron chi connectivity index (χ0n) is 40.8. The third-order valence-electron chi connectivity index (χ3n) is 10.5. The van der Waals surface area contributed by atoms with Gasteiger partial charge in [0.05, 0.1) is 28.8 Å². The van der Waals surface area contributed by atoms with Crippen LogP contribution in [0.3, 0.4) is 0 Å². The van der Waals surface area contributed by atoms with Crippen molar-refractivity contribution >= 4 is 39.2 Å². The van der Waals surface area contributed by atoms with Crippen LogP contribution in [-0.4, -0.2) is 93.7 Å². The van der Waals surface area contributed by atoms with E-state index in [0.29, 0.717) is 52.2 Å². The number of aromatic nitrogens is 9. The number of hydrogen-bond donors (Lipinski definition) is 1. The summed E-state index contributed by atoms with van der Waals surface area (Å²) in [5.41, 5.74) is 5.70. The first-order valence-electron chi connectivity index (χ1n) is 23.0. The van der Waals surface area contributed by atoms with Gasteiger partial charge in [0.25, 0.3) is 0 Å². The number of halogens is 13. The van der Waals surface area contributed by atoms with Crippen LogP contribution < -0.4 is 19.5 Å². The zero-order chi connectivity index (χ0) is 58.4. The van der Waals surface area contributed by atoms with E-state index in [4.69, 9.17) is 0 Å². The lowest BCUT2D eigenvalue weighted by Crippen LogP contribution is -2.37. The van der Waals surface area contributed by atoms with Crippen molar-refractivity contribution in [3.05, 3.63) is 180 Å². The second-order valence-corrected chi connectivity index (χ2v) is 17.4. The molecular formula is C55H48BrF12N11O4S. The smallest absolute Gasteiger partial charge is 0.406 e. The van der Waals surface area contributed by atoms with Crippen molar-refractivity contribution in [2.75, 3.05) is 13.1 Å². The molecule has 1 N–H and O–H groups in total. The van der Waals surface area contributed by atoms with Gasteiger partial charge in [0.2, 0.25) is 0 Å². The number of amides is 1. The minimum Gasteiger partial charge on any atom is -0.406 e. The molecule has 0 spiro atoms. The Labute approximate surface area is 485 Å². The van der Waals surface area contributed by atoms with E-state index in [9.17, 15) is 57.5 Å². The number of ether oxygens (including phenoxy) is 3. The number of carbonyl (C=O) groups excluding carboxylic acids is 1. The zero-order valence-corrected chi connectivity index (χ0v) is 43.2. The predicted octanol–water partition coefficient (Wildman–Crippen LogP) is 15.0. The van der Waals surface area contributed by atoms with Gasteiger partial charge < -0.3 is 19.5 Å². The molecule has 0 aliphatic carbocycles. The molecule has 1 amide bonds. The molecule has 84 heavy (non-hydrogen) atoms. The molecule has 29 heteroatoms. The summed E-state index contributed by atoms with van der Waals surface area (Å²) in [5.74, 6) is -1.56. The summed E-state index contributed by atoms with van der Waals surface area (Å²) in [6.45, 7) is 0.419. The molecule has 9 aromatic rings. The SMILES string of the molecule is C.C.C.FC(F)(F)Oc1ccc(-n2cnc(-c3ccc(Br)cc3)n2)cc1.FC(F)(F)Oc1ccc(-n2cnc(-c3ccc(CCN=C=S)cc3)n2)cc1.O=C(NCCc1ccc(-c2ncn(-c3ccc(OC(F)(F)F)cc3)n2)cc1)C(F)(F)F. The second-order valence-electron chi connectivity index (χ2n) is 16.3. The van der Waals surface area contributed by atoms with Crippen molar-refractivity contribution in [3.63, 3.8) is 0 Å². The quantitative estimate of drug-likeness (QED) is 0.0591. The minimum atomic E-state index is -4.92. The fourth-order valence-corrected chi connectivity index (χ4v) is 7.21. The Morgan fingerprint density at radius 2 is 0.798 bits per heavy atom. The molecule has 0 fully saturated rings. The number of rotatable bonds is 15. The number of hydrogen-bond acceptors (Lipinski definition) is 12. The van der Waals surface area contributed by atoms with Gasteiger partial charge in [-0.1, -0.05) is 98.9 Å². The Kier molecular flexibility index (Phi) is 24.0. The molecule has 9 rings (SSSR count). The van der Waals surface area contributed by atoms with E-state index in [1.807, 2.05) is 48.5 Å². The van der Waals surface area contributed by atoms with E-state index in [0.717, 1.165) is 39.7 Å². The van der Waals surface area contributed by atoms with Gasteiger partial charge >= 0.3 is 31.2 Å². The lowest BCUT2D eigenvalue weighted by atomic mass is 10.1. The molecule has 444 valence electrons. The third-order valence-corrected chi connectivity index (χ3v) is 11.2. The van der Waals surface area contributed by atoms with Gasteiger partial charge in [0.15, 0.2) is 17.5 Å². The van der Waals surface area contributed by atoms with Crippen molar-refractivity contribution in [2.24, 2.45) is 4.99 Å². The highest BCUT2D eigenvalue weighted by molar-refractivity contribution is 9.10. The van der Waals surface area contributed by atoms with Gasteiger partial charge in [-0.25, -0.2) is 34.0 Å². The van der Waals surface area contributed by atoms with E-state index in [-0.39, 0.29) is 52.5 Å². The van der Waals surface area contributed by atoms with Crippen LogP contribution >= 0.6 is 28.1 Å². The van der Waals surface area contributed by atoms with Crippen molar-refractivity contribution in [1.82, 2.24) is 49.6 Å². The maximum Gasteiger partial charge on any atom is 0.573 e. The van der Waals surface area contributed by atoms with Crippen LogP contribution in [0.1, 0.15) is 33.4 Å². The number of nitrogens with one attached hydrogen (secondary N) is 1. The van der Waals surface area contributed by atoms with Crippen LogP contribution in [0, 0.1) is 0 Å². The minimum absolute atomic E-state index is 0. The van der Waals surface area contributed by atoms with Crippen LogP contribution in [-0.2, 0) is 17.6 Å². The molecule has 0 unspecified atom stereocenters. The van der Waals surface area contributed by atoms with E-state index < -0.39 is 31.2 Å². The van der Waals surface area contributed by atoms with E-state index >= 15 is 0 Å². The summed E-state index contributed by atoms with van der Waals surface area (Å²) in [5, 5.41) is 17.1. The highest BCUT2D eigenvalue weighted by Crippen LogP contribution is 2.28. The van der Waals surface area contributed by atoms with Crippen molar-refractivity contribution < 1.29 is 71.7 Å². The molecule has 0 aliphatic heterocycles. The van der Waals surface area contributed by atoms with Crippen LogP contribution in [0.5, 0.6) is 17.2 Å². The number of nitrogens with zero attached hydrogens (tertiary/aromatic N) is 10. The van der Waals surface area contributed by atoms with Gasteiger partial charge in [-0.2, -0.15) is 13.2 Å². The highest BCUT2D eigenvalue weighted by atomic mass is 79.9. The van der Waals surface area contributed by atoms with E-state index in [1.54, 1.807) is 29.6 Å². The maximum atomic E-state index is 12.2. The van der Waals surface area contributed by atoms with Crippen molar-refractivity contribution in [3.8, 4) is 68.5 Å². The normalized spacial score (nSPS) is 11.1. The molecule has 3 heterocycles. The van der Waals surface area contributed by atoms with Gasteiger partial charge in [0, 0.05) is 27.7 Å². The average molecular weight is 1270 g/mol. The summed E-state index contributed by atoms with van der Waals surface area (Å²) in [6, 6.07) is 37.7. The van der Waals surface area contributed by atoms with Gasteiger partial charge in [-0.05, 0) is 121 Å². The predicted molar refractivity (Wildman–Crippen MR) is 295 cm³/mol. The molecule has 15 nitrogen and oxygen atoms in total. The molecule has 3 aromatic heterocycles. The number of benzene rings is 6. The molecule has 0 aliphatic rings. The van der Waals surface area contributed by atoms with Gasteiger partial charge in [-0.15, -0.1) is 54.8 Å². The molecule has 0 radical (unpaired) electrons. The second kappa shape index (κ2) is 29.9. The monoisotopic (exact) mass is 1270 g/mol. The molecular weight excluding hydrogens is 1220 g/mol. The topological polar surface area (TPSA) is 161 Å². The first kappa shape index (κ1) is 67.6. The molecule has 6 aromatic carbocycles. The average Bonchev–Trinajstić information content (AvgIpc) is 3.76. The van der Waals surface area contributed by atoms with Crippen molar-refractivity contribution in [2.45, 2.75) is 60.4 Å². The highest BCUT2D eigenvalue weighted by Gasteiger charge is 2.38. The fourth-order valence-electron chi connectivity index (χ4n) is 6.85. The lowest BCUT2D eigenvalue weighted by Gasteiger charge is -2.09. The lowest BCUT2D eigenvalue weighted by molar-refractivity contribution is -0.275. The first-order valence-corrected chi connectivity index (χ1v) is 24.2. The number of isothiocyanates is 1. The van der Waals surface area contributed by atoms with Gasteiger partial charge in [-0.3, -0.25) is 4.79 Å². The number of thiocarbonyl (C=S) groups is 1. The van der Waals surface area contributed by atoms with E-state index in [1.165, 1.54) is 93.7 Å². The Balaban J connectivity index is 0.000000268.